The van der Waals surface area contributed by atoms with Crippen molar-refractivity contribution in [2.75, 3.05) is 6.61 Å². The van der Waals surface area contributed by atoms with Crippen molar-refractivity contribution in [3.05, 3.63) is 29.3 Å². The second-order valence-corrected chi connectivity index (χ2v) is 4.38. The molecular weight excluding hydrogens is 291 g/mol. The molecule has 0 aliphatic rings. The molecule has 0 radical (unpaired) electrons. The summed E-state index contributed by atoms with van der Waals surface area (Å²) in [5, 5.41) is 0.679. The van der Waals surface area contributed by atoms with E-state index < -0.39 is 0 Å². The SMILES string of the molecule is CC(COc1ccc(Cl)cc1)OC(=S)[S-].[K+]. The molecular formula is C10H10ClKO2S2. The minimum atomic E-state index is -0.148. The van der Waals surface area contributed by atoms with E-state index in [2.05, 4.69) is 24.8 Å². The Hall–Kier alpha value is 1.06. The average molecular weight is 301 g/mol. The van der Waals surface area contributed by atoms with E-state index in [9.17, 15) is 0 Å². The summed E-state index contributed by atoms with van der Waals surface area (Å²) in [5.41, 5.74) is 0. The Morgan fingerprint density at radius 2 is 2.00 bits per heavy atom. The van der Waals surface area contributed by atoms with Gasteiger partial charge in [0.25, 0.3) is 0 Å². The van der Waals surface area contributed by atoms with Gasteiger partial charge in [-0.2, -0.15) is 0 Å². The molecule has 82 valence electrons. The van der Waals surface area contributed by atoms with Crippen LogP contribution in [0.1, 0.15) is 6.92 Å². The summed E-state index contributed by atoms with van der Waals surface area (Å²) >= 11 is 15.0. The van der Waals surface area contributed by atoms with Gasteiger partial charge in [-0.25, -0.2) is 0 Å². The van der Waals surface area contributed by atoms with Gasteiger partial charge in [0.1, 0.15) is 18.5 Å². The van der Waals surface area contributed by atoms with E-state index in [1.807, 2.05) is 6.92 Å². The molecule has 16 heavy (non-hydrogen) atoms. The topological polar surface area (TPSA) is 18.5 Å². The Labute approximate surface area is 154 Å². The first kappa shape index (κ1) is 17.1. The van der Waals surface area contributed by atoms with Gasteiger partial charge in [-0.05, 0) is 31.2 Å². The van der Waals surface area contributed by atoms with Crippen molar-refractivity contribution in [1.29, 1.82) is 0 Å². The number of benzene rings is 1. The van der Waals surface area contributed by atoms with E-state index in [0.29, 0.717) is 11.6 Å². The third kappa shape index (κ3) is 7.40. The molecule has 0 spiro atoms. The van der Waals surface area contributed by atoms with Gasteiger partial charge in [0.2, 0.25) is 0 Å². The summed E-state index contributed by atoms with van der Waals surface area (Å²) in [6.07, 6.45) is -0.148. The molecule has 0 saturated carbocycles. The van der Waals surface area contributed by atoms with Crippen LogP contribution in [0.2, 0.25) is 5.02 Å². The van der Waals surface area contributed by atoms with E-state index in [4.69, 9.17) is 21.1 Å². The van der Waals surface area contributed by atoms with E-state index in [1.165, 1.54) is 0 Å². The van der Waals surface area contributed by atoms with Crippen molar-refractivity contribution in [1.82, 2.24) is 0 Å². The molecule has 1 rings (SSSR count). The number of rotatable bonds is 4. The summed E-state index contributed by atoms with van der Waals surface area (Å²) in [6, 6.07) is 7.11. The van der Waals surface area contributed by atoms with Crippen molar-refractivity contribution in [2.45, 2.75) is 13.0 Å². The van der Waals surface area contributed by atoms with E-state index in [-0.39, 0.29) is 61.9 Å². The normalized spacial score (nSPS) is 11.1. The summed E-state index contributed by atoms with van der Waals surface area (Å²) < 4.78 is 10.6. The molecule has 1 unspecified atom stereocenters. The molecule has 6 heteroatoms. The largest absolute Gasteiger partial charge is 1.00 e. The van der Waals surface area contributed by atoms with Crippen LogP contribution in [-0.4, -0.2) is 17.1 Å². The summed E-state index contributed by atoms with van der Waals surface area (Å²) in [4.78, 5) is 0. The molecule has 0 bridgehead atoms. The first-order valence-electron chi connectivity index (χ1n) is 4.34. The molecule has 1 aromatic rings. The van der Waals surface area contributed by atoms with Crippen LogP contribution in [-0.2, 0) is 17.4 Å². The number of hydrogen-bond acceptors (Lipinski definition) is 4. The summed E-state index contributed by atoms with van der Waals surface area (Å²) in [5.74, 6) is 0.741. The van der Waals surface area contributed by atoms with Crippen LogP contribution in [0, 0.1) is 0 Å². The van der Waals surface area contributed by atoms with Crippen molar-refractivity contribution in [3.63, 3.8) is 0 Å². The van der Waals surface area contributed by atoms with E-state index in [1.54, 1.807) is 24.3 Å². The number of ether oxygens (including phenoxy) is 2. The predicted octanol–water partition coefficient (Wildman–Crippen LogP) is -0.0403. The second-order valence-electron chi connectivity index (χ2n) is 2.94. The molecule has 0 aliphatic heterocycles. The van der Waals surface area contributed by atoms with Crippen molar-refractivity contribution < 1.29 is 60.9 Å². The minimum Gasteiger partial charge on any atom is -0.507 e. The molecule has 0 N–H and O–H groups in total. The monoisotopic (exact) mass is 300 g/mol. The van der Waals surface area contributed by atoms with E-state index >= 15 is 0 Å². The fraction of sp³-hybridized carbons (Fsp3) is 0.300. The van der Waals surface area contributed by atoms with Crippen LogP contribution >= 0.6 is 23.8 Å². The van der Waals surface area contributed by atoms with Crippen LogP contribution in [0.5, 0.6) is 5.75 Å². The Balaban J connectivity index is 0.00000225. The van der Waals surface area contributed by atoms with Crippen molar-refractivity contribution >= 4 is 40.8 Å². The number of thiocarbonyl (C=S) groups is 1. The number of hydrogen-bond donors (Lipinski definition) is 0. The molecule has 0 aliphatic carbocycles. The number of halogens is 1. The summed E-state index contributed by atoms with van der Waals surface area (Å²) in [7, 11) is 0. The minimum absolute atomic E-state index is 0. The first-order valence-corrected chi connectivity index (χ1v) is 5.53. The van der Waals surface area contributed by atoms with Gasteiger partial charge in [0, 0.05) is 9.41 Å². The van der Waals surface area contributed by atoms with E-state index in [0.717, 1.165) is 5.75 Å². The smallest absolute Gasteiger partial charge is 0.507 e. The zero-order valence-corrected chi connectivity index (χ0v) is 14.6. The van der Waals surface area contributed by atoms with Gasteiger partial charge in [0.05, 0.1) is 0 Å². The van der Waals surface area contributed by atoms with Gasteiger partial charge in [-0.3, -0.25) is 0 Å². The Kier molecular flexibility index (Phi) is 9.65. The molecule has 0 heterocycles. The maximum absolute atomic E-state index is 5.73. The van der Waals surface area contributed by atoms with Crippen LogP contribution in [0.4, 0.5) is 0 Å². The van der Waals surface area contributed by atoms with Crippen LogP contribution in [0.15, 0.2) is 24.3 Å². The molecule has 2 nitrogen and oxygen atoms in total. The standard InChI is InChI=1S/C10H11ClO2S2.K/c1-7(13-10(14)15)6-12-9-4-2-8(11)3-5-9;/h2-5,7H,6H2,1H3,(H,14,15);/q;+1/p-1. The maximum atomic E-state index is 5.73. The average Bonchev–Trinajstić information content (AvgIpc) is 2.16. The van der Waals surface area contributed by atoms with Crippen LogP contribution in [0.25, 0.3) is 0 Å². The zero-order valence-electron chi connectivity index (χ0n) is 9.10. The molecule has 0 aromatic heterocycles. The Morgan fingerprint density at radius 3 is 2.50 bits per heavy atom. The van der Waals surface area contributed by atoms with Gasteiger partial charge in [0.15, 0.2) is 0 Å². The molecule has 1 atom stereocenters. The van der Waals surface area contributed by atoms with Crippen LogP contribution < -0.4 is 56.1 Å². The van der Waals surface area contributed by atoms with Crippen LogP contribution in [0.3, 0.4) is 0 Å². The molecule has 0 amide bonds. The molecule has 0 saturated heterocycles. The van der Waals surface area contributed by atoms with Crippen molar-refractivity contribution in [2.24, 2.45) is 0 Å². The third-order valence-corrected chi connectivity index (χ3v) is 2.04. The van der Waals surface area contributed by atoms with Gasteiger partial charge >= 0.3 is 51.4 Å². The zero-order chi connectivity index (χ0) is 11.3. The van der Waals surface area contributed by atoms with Gasteiger partial charge < -0.3 is 34.3 Å². The Morgan fingerprint density at radius 1 is 1.44 bits per heavy atom. The Bertz CT molecular complexity index is 332. The fourth-order valence-corrected chi connectivity index (χ4v) is 1.40. The van der Waals surface area contributed by atoms with Gasteiger partial charge in [-0.15, -0.1) is 0 Å². The first-order chi connectivity index (χ1) is 7.08. The second kappa shape index (κ2) is 9.05. The van der Waals surface area contributed by atoms with Gasteiger partial charge in [-0.1, -0.05) is 11.6 Å². The van der Waals surface area contributed by atoms with Crippen molar-refractivity contribution in [3.8, 4) is 5.75 Å². The summed E-state index contributed by atoms with van der Waals surface area (Å²) in [6.45, 7) is 2.24. The predicted molar refractivity (Wildman–Crippen MR) is 67.5 cm³/mol. The third-order valence-electron chi connectivity index (χ3n) is 1.60. The maximum Gasteiger partial charge on any atom is 1.00 e. The fourth-order valence-electron chi connectivity index (χ4n) is 0.943. The molecule has 0 fully saturated rings. The quantitative estimate of drug-likeness (QED) is 0.441. The molecule has 1 aromatic carbocycles.